The van der Waals surface area contributed by atoms with Crippen LogP contribution in [0.1, 0.15) is 245 Å². The average Bonchev–Trinajstić information content (AvgIpc) is 3.32. The molecule has 3 atom stereocenters. The van der Waals surface area contributed by atoms with Gasteiger partial charge in [0.05, 0.1) is 39.9 Å². The molecule has 0 fully saturated rings. The minimum absolute atomic E-state index is 0.0183. The van der Waals surface area contributed by atoms with Crippen molar-refractivity contribution < 1.29 is 32.9 Å². The Balaban J connectivity index is 4.26. The van der Waals surface area contributed by atoms with Crippen molar-refractivity contribution in [2.75, 3.05) is 40.9 Å². The summed E-state index contributed by atoms with van der Waals surface area (Å²) in [5, 5.41) is 13.8. The Morgan fingerprint density at radius 3 is 1.33 bits per heavy atom. The van der Waals surface area contributed by atoms with Crippen LogP contribution in [0.15, 0.2) is 85.1 Å². The zero-order valence-corrected chi connectivity index (χ0v) is 47.1. The van der Waals surface area contributed by atoms with Crippen LogP contribution in [0.4, 0.5) is 0 Å². The Morgan fingerprint density at radius 2 is 0.886 bits per heavy atom. The number of quaternary nitrogens is 1. The van der Waals surface area contributed by atoms with Crippen molar-refractivity contribution in [3.8, 4) is 0 Å². The van der Waals surface area contributed by atoms with Crippen LogP contribution in [-0.4, -0.2) is 68.5 Å². The summed E-state index contributed by atoms with van der Waals surface area (Å²) < 4.78 is 23.3. The second kappa shape index (κ2) is 51.6. The van der Waals surface area contributed by atoms with Gasteiger partial charge in [-0.15, -0.1) is 0 Å². The van der Waals surface area contributed by atoms with Gasteiger partial charge in [-0.3, -0.25) is 9.36 Å². The number of unbranched alkanes of at least 4 members (excludes halogenated alkanes) is 27. The van der Waals surface area contributed by atoms with Gasteiger partial charge in [-0.05, 0) is 83.5 Å². The number of carbonyl (C=O) groups excluding carboxylic acids is 1. The first kappa shape index (κ1) is 67.7. The van der Waals surface area contributed by atoms with E-state index in [0.717, 1.165) is 83.5 Å². The molecular weight excluding hydrogens is 888 g/mol. The molecule has 0 aromatic carbocycles. The molecule has 0 aliphatic carbocycles. The predicted molar refractivity (Wildman–Crippen MR) is 302 cm³/mol. The lowest BCUT2D eigenvalue weighted by molar-refractivity contribution is -0.870. The molecule has 0 saturated carbocycles. The van der Waals surface area contributed by atoms with Crippen LogP contribution in [0.25, 0.3) is 0 Å². The van der Waals surface area contributed by atoms with Gasteiger partial charge in [-0.25, -0.2) is 0 Å². The summed E-state index contributed by atoms with van der Waals surface area (Å²) in [7, 11) is 1.21. The van der Waals surface area contributed by atoms with Crippen molar-refractivity contribution in [3.05, 3.63) is 85.1 Å². The van der Waals surface area contributed by atoms with E-state index in [0.29, 0.717) is 17.4 Å². The predicted octanol–water partition coefficient (Wildman–Crippen LogP) is 17.0. The molecule has 1 amide bonds. The molecule has 406 valence electrons. The van der Waals surface area contributed by atoms with Crippen LogP contribution in [0.3, 0.4) is 0 Å². The van der Waals surface area contributed by atoms with Gasteiger partial charge in [0.15, 0.2) is 0 Å². The van der Waals surface area contributed by atoms with Crippen molar-refractivity contribution in [2.24, 2.45) is 0 Å². The first-order valence-electron chi connectivity index (χ1n) is 28.9. The third kappa shape index (κ3) is 53.5. The smallest absolute Gasteiger partial charge is 0.268 e. The summed E-state index contributed by atoms with van der Waals surface area (Å²) in [5.41, 5.74) is 0. The van der Waals surface area contributed by atoms with Crippen LogP contribution in [0.5, 0.6) is 0 Å². The van der Waals surface area contributed by atoms with E-state index in [1.54, 1.807) is 6.08 Å². The Morgan fingerprint density at radius 1 is 0.514 bits per heavy atom. The number of nitrogens with one attached hydrogen (secondary N) is 1. The number of aliphatic hydroxyl groups excluding tert-OH is 1. The second-order valence-electron chi connectivity index (χ2n) is 20.6. The molecule has 0 spiro atoms. The molecule has 0 aliphatic rings. The summed E-state index contributed by atoms with van der Waals surface area (Å²) in [5.74, 6) is -0.237. The second-order valence-corrected chi connectivity index (χ2v) is 22.0. The molecule has 0 aromatic rings. The van der Waals surface area contributed by atoms with Gasteiger partial charge < -0.3 is 28.8 Å². The van der Waals surface area contributed by atoms with Crippen LogP contribution in [0, 0.1) is 0 Å². The maximum Gasteiger partial charge on any atom is 0.268 e. The maximum absolute atomic E-state index is 12.9. The molecule has 70 heavy (non-hydrogen) atoms. The van der Waals surface area contributed by atoms with Crippen LogP contribution < -0.4 is 10.2 Å². The standard InChI is InChI=1S/C61H111N2O6P/c1-6-8-10-12-14-16-18-20-22-24-25-26-27-28-29-30-31-32-33-34-35-36-37-39-40-42-44-46-48-50-52-54-60(64)59(58-69-70(66,67)68-57-56-63(3,4)5)62-61(65)55-53-51-49-47-45-43-41-38-23-21-19-17-15-13-11-9-7-2/h9,11,15,17,21,23,37,39,41,43-44,46,52,54,59-60,64H,6-8,10,12-14,16,18-20,22,24-36,38,40,42,45,47-51,53,55-58H2,1-5H3,(H-,62,65,66,67)/b11-9-,17-15-,23-21-,39-37+,43-41-,46-44+,54-52+. The Bertz CT molecular complexity index is 1410. The largest absolute Gasteiger partial charge is 0.756 e. The number of carbonyl (C=O) groups is 1. The number of nitrogens with zero attached hydrogens (tertiary/aromatic N) is 1. The van der Waals surface area contributed by atoms with E-state index in [9.17, 15) is 19.4 Å². The quantitative estimate of drug-likeness (QED) is 0.0272. The lowest BCUT2D eigenvalue weighted by Crippen LogP contribution is -2.45. The zero-order chi connectivity index (χ0) is 51.3. The molecule has 0 aromatic heterocycles. The Kier molecular flexibility index (Phi) is 49.9. The molecule has 0 bridgehead atoms. The Labute approximate surface area is 433 Å². The average molecular weight is 1000 g/mol. The van der Waals surface area contributed by atoms with Crippen LogP contribution in [0.2, 0.25) is 0 Å². The minimum Gasteiger partial charge on any atom is -0.756 e. The first-order valence-corrected chi connectivity index (χ1v) is 30.4. The zero-order valence-electron chi connectivity index (χ0n) is 46.2. The summed E-state index contributed by atoms with van der Waals surface area (Å²) in [6, 6.07) is -0.929. The minimum atomic E-state index is -4.62. The molecule has 2 N–H and O–H groups in total. The molecule has 0 rings (SSSR count). The number of amides is 1. The highest BCUT2D eigenvalue weighted by atomic mass is 31.2. The van der Waals surface area contributed by atoms with Crippen molar-refractivity contribution in [1.29, 1.82) is 0 Å². The molecule has 3 unspecified atom stereocenters. The van der Waals surface area contributed by atoms with Gasteiger partial charge in [0.25, 0.3) is 7.82 Å². The SMILES string of the molecule is CC/C=C\C/C=C\C/C=C\C/C=C\CCCCCCC(=O)NC(COP(=O)([O-])OCC[N+](C)(C)C)C(O)/C=C/CC/C=C/CC/C=C/CCCCCCCCCCCCCCCCCCCCCCC. The highest BCUT2D eigenvalue weighted by molar-refractivity contribution is 7.45. The molecule has 8 nitrogen and oxygen atoms in total. The third-order valence-electron chi connectivity index (χ3n) is 12.6. The summed E-state index contributed by atoms with van der Waals surface area (Å²) >= 11 is 0. The highest BCUT2D eigenvalue weighted by Crippen LogP contribution is 2.38. The lowest BCUT2D eigenvalue weighted by atomic mass is 10.0. The van der Waals surface area contributed by atoms with Crippen molar-refractivity contribution in [2.45, 2.75) is 257 Å². The number of hydrogen-bond acceptors (Lipinski definition) is 6. The summed E-state index contributed by atoms with van der Waals surface area (Å²) in [4.78, 5) is 25.4. The van der Waals surface area contributed by atoms with Crippen molar-refractivity contribution >= 4 is 13.7 Å². The van der Waals surface area contributed by atoms with E-state index in [1.807, 2.05) is 27.2 Å². The normalized spacial score (nSPS) is 14.6. The van der Waals surface area contributed by atoms with Gasteiger partial charge in [0, 0.05) is 6.42 Å². The molecule has 0 radical (unpaired) electrons. The van der Waals surface area contributed by atoms with E-state index in [1.165, 1.54) is 141 Å². The monoisotopic (exact) mass is 999 g/mol. The van der Waals surface area contributed by atoms with Gasteiger partial charge in [0.1, 0.15) is 13.2 Å². The van der Waals surface area contributed by atoms with E-state index in [4.69, 9.17) is 9.05 Å². The van der Waals surface area contributed by atoms with Gasteiger partial charge >= 0.3 is 0 Å². The summed E-state index contributed by atoms with van der Waals surface area (Å²) in [6.45, 7) is 4.49. The fourth-order valence-corrected chi connectivity index (χ4v) is 8.78. The fourth-order valence-electron chi connectivity index (χ4n) is 8.06. The third-order valence-corrected chi connectivity index (χ3v) is 13.5. The van der Waals surface area contributed by atoms with Crippen molar-refractivity contribution in [3.63, 3.8) is 0 Å². The van der Waals surface area contributed by atoms with E-state index >= 15 is 0 Å². The topological polar surface area (TPSA) is 108 Å². The fraction of sp³-hybridized carbons (Fsp3) is 0.754. The number of hydrogen-bond donors (Lipinski definition) is 2. The van der Waals surface area contributed by atoms with Crippen molar-refractivity contribution in [1.82, 2.24) is 5.32 Å². The molecule has 0 saturated heterocycles. The number of aliphatic hydroxyl groups is 1. The molecule has 0 heterocycles. The van der Waals surface area contributed by atoms with Gasteiger partial charge in [-0.1, -0.05) is 240 Å². The highest BCUT2D eigenvalue weighted by Gasteiger charge is 2.23. The van der Waals surface area contributed by atoms with E-state index < -0.39 is 26.6 Å². The van der Waals surface area contributed by atoms with E-state index in [2.05, 4.69) is 92.1 Å². The first-order chi connectivity index (χ1) is 34.0. The van der Waals surface area contributed by atoms with E-state index in [-0.39, 0.29) is 12.5 Å². The molecular formula is C61H111N2O6P. The lowest BCUT2D eigenvalue weighted by Gasteiger charge is -2.29. The van der Waals surface area contributed by atoms with Gasteiger partial charge in [0.2, 0.25) is 5.91 Å². The number of likely N-dealkylation sites (N-methyl/N-ethyl adjacent to an activating group) is 1. The summed E-state index contributed by atoms with van der Waals surface area (Å²) in [6.07, 6.45) is 72.6. The Hall–Kier alpha value is -2.32. The van der Waals surface area contributed by atoms with Crippen LogP contribution >= 0.6 is 7.82 Å². The number of phosphoric acid groups is 1. The number of allylic oxidation sites excluding steroid dienone is 13. The molecule has 0 aliphatic heterocycles. The number of phosphoric ester groups is 1. The molecule has 9 heteroatoms. The van der Waals surface area contributed by atoms with Crippen LogP contribution in [-0.2, 0) is 18.4 Å². The van der Waals surface area contributed by atoms with Gasteiger partial charge in [-0.2, -0.15) is 0 Å². The maximum atomic E-state index is 12.9. The number of rotatable bonds is 52.